The molecule has 0 spiro atoms. The number of fused-ring (bicyclic) bond motifs is 1. The van der Waals surface area contributed by atoms with E-state index in [4.69, 9.17) is 18.9 Å². The maximum Gasteiger partial charge on any atom is 0.257 e. The molecule has 2 fully saturated rings. The zero-order valence-electron chi connectivity index (χ0n) is 23.1. The number of nitrogens with zero attached hydrogens (tertiary/aromatic N) is 2. The van der Waals surface area contributed by atoms with Crippen molar-refractivity contribution in [3.05, 3.63) is 71.9 Å². The van der Waals surface area contributed by atoms with Gasteiger partial charge in [0, 0.05) is 25.4 Å². The van der Waals surface area contributed by atoms with Gasteiger partial charge in [0.05, 0.1) is 7.11 Å². The fourth-order valence-corrected chi connectivity index (χ4v) is 5.93. The summed E-state index contributed by atoms with van der Waals surface area (Å²) in [7, 11) is 1.69. The highest BCUT2D eigenvalue weighted by Crippen LogP contribution is 2.38. The van der Waals surface area contributed by atoms with E-state index in [0.29, 0.717) is 62.2 Å². The third-order valence-electron chi connectivity index (χ3n) is 8.15. The Balaban J connectivity index is 1.17. The summed E-state index contributed by atoms with van der Waals surface area (Å²) in [5.74, 6) is 2.59. The first-order valence-electron chi connectivity index (χ1n) is 14.0. The van der Waals surface area contributed by atoms with Crippen LogP contribution in [0.2, 0.25) is 0 Å². The van der Waals surface area contributed by atoms with Crippen molar-refractivity contribution in [3.8, 4) is 28.9 Å². The second-order valence-electron chi connectivity index (χ2n) is 10.6. The van der Waals surface area contributed by atoms with Crippen molar-refractivity contribution in [2.24, 2.45) is 0 Å². The molecular formula is C31H34N4O6. The SMILES string of the molecule is COc1ccccc1C1CCN(C(=O)C2(NC(=O)c3cccnc3Oc3ccc4c(c3)OCO4)CCNCC2)CC1. The van der Waals surface area contributed by atoms with E-state index < -0.39 is 11.4 Å². The summed E-state index contributed by atoms with van der Waals surface area (Å²) in [6, 6.07) is 16.6. The van der Waals surface area contributed by atoms with Crippen LogP contribution in [0, 0.1) is 0 Å². The van der Waals surface area contributed by atoms with E-state index in [-0.39, 0.29) is 24.1 Å². The highest BCUT2D eigenvalue weighted by Gasteiger charge is 2.44. The zero-order chi connectivity index (χ0) is 28.2. The van der Waals surface area contributed by atoms with Crippen molar-refractivity contribution in [3.63, 3.8) is 0 Å². The van der Waals surface area contributed by atoms with Gasteiger partial charge in [-0.1, -0.05) is 18.2 Å². The summed E-state index contributed by atoms with van der Waals surface area (Å²) < 4.78 is 22.4. The van der Waals surface area contributed by atoms with E-state index in [1.165, 1.54) is 5.56 Å². The molecule has 1 aromatic heterocycles. The van der Waals surface area contributed by atoms with Crippen molar-refractivity contribution in [2.75, 3.05) is 40.1 Å². The number of benzene rings is 2. The Bertz CT molecular complexity index is 1420. The molecule has 3 aliphatic heterocycles. The van der Waals surface area contributed by atoms with Crippen molar-refractivity contribution in [2.45, 2.75) is 37.1 Å². The van der Waals surface area contributed by atoms with E-state index >= 15 is 0 Å². The number of rotatable bonds is 7. The number of amides is 2. The summed E-state index contributed by atoms with van der Waals surface area (Å²) in [4.78, 5) is 34.0. The van der Waals surface area contributed by atoms with Gasteiger partial charge in [0.2, 0.25) is 18.6 Å². The van der Waals surface area contributed by atoms with Crippen LogP contribution in [-0.4, -0.2) is 67.3 Å². The van der Waals surface area contributed by atoms with Gasteiger partial charge in [-0.3, -0.25) is 9.59 Å². The standard InChI is InChI=1S/C31H34N4O6/c1-38-25-7-3-2-5-23(25)21-10-17-35(18-11-21)30(37)31(12-15-32-16-13-31)34-28(36)24-6-4-14-33-29(24)41-22-8-9-26-27(19-22)40-20-39-26/h2-9,14,19,21,32H,10-13,15-18,20H2,1H3,(H,34,36). The Morgan fingerprint density at radius 3 is 2.61 bits per heavy atom. The number of pyridine rings is 1. The van der Waals surface area contributed by atoms with Crippen LogP contribution in [0.25, 0.3) is 0 Å². The number of piperidine rings is 2. The Kier molecular flexibility index (Phi) is 7.65. The van der Waals surface area contributed by atoms with Crippen molar-refractivity contribution < 1.29 is 28.5 Å². The Hall–Kier alpha value is -4.31. The van der Waals surface area contributed by atoms with Gasteiger partial charge in [-0.05, 0) is 80.6 Å². The van der Waals surface area contributed by atoms with Crippen LogP contribution in [0.4, 0.5) is 0 Å². The minimum absolute atomic E-state index is 0.0343. The number of carbonyl (C=O) groups excluding carboxylic acids is 2. The normalized spacial score (nSPS) is 18.0. The lowest BCUT2D eigenvalue weighted by molar-refractivity contribution is -0.140. The van der Waals surface area contributed by atoms with Crippen LogP contribution in [0.5, 0.6) is 28.9 Å². The molecule has 6 rings (SSSR count). The Labute approximate surface area is 238 Å². The van der Waals surface area contributed by atoms with E-state index in [1.54, 1.807) is 43.6 Å². The van der Waals surface area contributed by atoms with E-state index in [1.807, 2.05) is 23.1 Å². The quantitative estimate of drug-likeness (QED) is 0.450. The van der Waals surface area contributed by atoms with Crippen LogP contribution in [0.15, 0.2) is 60.8 Å². The van der Waals surface area contributed by atoms with Gasteiger partial charge in [0.1, 0.15) is 22.6 Å². The Morgan fingerprint density at radius 1 is 1.02 bits per heavy atom. The average Bonchev–Trinajstić information content (AvgIpc) is 3.49. The average molecular weight is 559 g/mol. The number of para-hydroxylation sites is 1. The maximum absolute atomic E-state index is 14.1. The number of hydrogen-bond donors (Lipinski definition) is 2. The third-order valence-corrected chi connectivity index (χ3v) is 8.15. The molecule has 0 saturated carbocycles. The molecule has 2 amide bonds. The molecule has 2 N–H and O–H groups in total. The van der Waals surface area contributed by atoms with Gasteiger partial charge < -0.3 is 34.5 Å². The first kappa shape index (κ1) is 26.9. The largest absolute Gasteiger partial charge is 0.496 e. The lowest BCUT2D eigenvalue weighted by Gasteiger charge is -2.42. The van der Waals surface area contributed by atoms with Crippen molar-refractivity contribution >= 4 is 11.8 Å². The van der Waals surface area contributed by atoms with Crippen molar-refractivity contribution in [1.82, 2.24) is 20.5 Å². The molecule has 3 aromatic rings. The zero-order valence-corrected chi connectivity index (χ0v) is 23.1. The van der Waals surface area contributed by atoms with Gasteiger partial charge in [-0.15, -0.1) is 0 Å². The van der Waals surface area contributed by atoms with Gasteiger partial charge in [-0.2, -0.15) is 0 Å². The molecule has 2 aromatic carbocycles. The monoisotopic (exact) mass is 558 g/mol. The number of methoxy groups -OCH3 is 1. The van der Waals surface area contributed by atoms with Crippen LogP contribution in [0.3, 0.4) is 0 Å². The highest BCUT2D eigenvalue weighted by atomic mass is 16.7. The minimum atomic E-state index is -1.01. The summed E-state index contributed by atoms with van der Waals surface area (Å²) in [5, 5.41) is 6.44. The van der Waals surface area contributed by atoms with Crippen LogP contribution in [0.1, 0.15) is 47.5 Å². The molecule has 0 aliphatic carbocycles. The predicted octanol–water partition coefficient (Wildman–Crippen LogP) is 3.87. The van der Waals surface area contributed by atoms with Crippen molar-refractivity contribution in [1.29, 1.82) is 0 Å². The highest BCUT2D eigenvalue weighted by molar-refractivity contribution is 6.01. The number of nitrogens with one attached hydrogen (secondary N) is 2. The fourth-order valence-electron chi connectivity index (χ4n) is 5.93. The molecule has 0 unspecified atom stereocenters. The summed E-state index contributed by atoms with van der Waals surface area (Å²) in [6.07, 6.45) is 4.25. The predicted molar refractivity (Wildman–Crippen MR) is 151 cm³/mol. The lowest BCUT2D eigenvalue weighted by atomic mass is 9.84. The number of likely N-dealkylation sites (tertiary alicyclic amines) is 1. The second-order valence-corrected chi connectivity index (χ2v) is 10.6. The molecule has 3 aliphatic rings. The molecule has 0 bridgehead atoms. The molecule has 10 heteroatoms. The van der Waals surface area contributed by atoms with Crippen LogP contribution >= 0.6 is 0 Å². The minimum Gasteiger partial charge on any atom is -0.496 e. The molecule has 41 heavy (non-hydrogen) atoms. The van der Waals surface area contributed by atoms with Gasteiger partial charge in [-0.25, -0.2) is 4.98 Å². The maximum atomic E-state index is 14.1. The number of aromatic nitrogens is 1. The molecule has 214 valence electrons. The topological polar surface area (TPSA) is 111 Å². The second kappa shape index (κ2) is 11.7. The summed E-state index contributed by atoms with van der Waals surface area (Å²) >= 11 is 0. The molecular weight excluding hydrogens is 524 g/mol. The van der Waals surface area contributed by atoms with E-state index in [2.05, 4.69) is 21.7 Å². The number of hydrogen-bond acceptors (Lipinski definition) is 8. The third kappa shape index (κ3) is 5.52. The molecule has 0 radical (unpaired) electrons. The summed E-state index contributed by atoms with van der Waals surface area (Å²) in [6.45, 7) is 2.67. The number of carbonyl (C=O) groups is 2. The van der Waals surface area contributed by atoms with Crippen LogP contribution < -0.4 is 29.6 Å². The molecule has 10 nitrogen and oxygen atoms in total. The number of ether oxygens (including phenoxy) is 4. The van der Waals surface area contributed by atoms with E-state index in [9.17, 15) is 9.59 Å². The first-order valence-corrected chi connectivity index (χ1v) is 14.0. The van der Waals surface area contributed by atoms with Gasteiger partial charge in [0.25, 0.3) is 5.91 Å². The smallest absolute Gasteiger partial charge is 0.257 e. The summed E-state index contributed by atoms with van der Waals surface area (Å²) in [5.41, 5.74) is 0.426. The van der Waals surface area contributed by atoms with Gasteiger partial charge >= 0.3 is 0 Å². The molecule has 0 atom stereocenters. The van der Waals surface area contributed by atoms with Gasteiger partial charge in [0.15, 0.2) is 11.5 Å². The molecule has 2 saturated heterocycles. The fraction of sp³-hybridized carbons (Fsp3) is 0.387. The Morgan fingerprint density at radius 2 is 1.80 bits per heavy atom. The van der Waals surface area contributed by atoms with E-state index in [0.717, 1.165) is 18.6 Å². The lowest BCUT2D eigenvalue weighted by Crippen LogP contribution is -2.64. The first-order chi connectivity index (χ1) is 20.1. The molecule has 4 heterocycles. The van der Waals surface area contributed by atoms with Crippen LogP contribution in [-0.2, 0) is 4.79 Å².